The van der Waals surface area contributed by atoms with E-state index >= 15 is 0 Å². The molecule has 0 saturated carbocycles. The van der Waals surface area contributed by atoms with E-state index in [2.05, 4.69) is 20.6 Å². The van der Waals surface area contributed by atoms with Crippen molar-refractivity contribution in [1.82, 2.24) is 9.97 Å². The van der Waals surface area contributed by atoms with E-state index in [0.717, 1.165) is 0 Å². The zero-order chi connectivity index (χ0) is 19.2. The van der Waals surface area contributed by atoms with Crippen molar-refractivity contribution >= 4 is 23.1 Å². The van der Waals surface area contributed by atoms with Gasteiger partial charge in [0.25, 0.3) is 5.91 Å². The molecule has 0 fully saturated rings. The molecule has 6 nitrogen and oxygen atoms in total. The van der Waals surface area contributed by atoms with E-state index in [1.807, 2.05) is 26.0 Å². The highest BCUT2D eigenvalue weighted by Crippen LogP contribution is 2.25. The van der Waals surface area contributed by atoms with E-state index in [9.17, 15) is 9.18 Å². The second kappa shape index (κ2) is 8.27. The van der Waals surface area contributed by atoms with Crippen LogP contribution in [0.4, 0.5) is 21.6 Å². The summed E-state index contributed by atoms with van der Waals surface area (Å²) < 4.78 is 18.7. The highest BCUT2D eigenvalue weighted by Gasteiger charge is 2.13. The quantitative estimate of drug-likeness (QED) is 0.676. The van der Waals surface area contributed by atoms with Crippen molar-refractivity contribution in [2.24, 2.45) is 0 Å². The predicted molar refractivity (Wildman–Crippen MR) is 102 cm³/mol. The first-order valence-corrected chi connectivity index (χ1v) is 8.43. The first-order chi connectivity index (χ1) is 13.0. The molecule has 1 amide bonds. The largest absolute Gasteiger partial charge is 0.489 e. The lowest BCUT2D eigenvalue weighted by Gasteiger charge is -2.14. The predicted octanol–water partition coefficient (Wildman–Crippen LogP) is 4.40. The van der Waals surface area contributed by atoms with Crippen molar-refractivity contribution in [2.45, 2.75) is 20.0 Å². The van der Waals surface area contributed by atoms with E-state index in [1.165, 1.54) is 24.5 Å². The number of halogens is 1. The molecule has 3 rings (SSSR count). The number of amides is 1. The molecule has 0 radical (unpaired) electrons. The maximum atomic E-state index is 13.0. The van der Waals surface area contributed by atoms with Crippen molar-refractivity contribution in [1.29, 1.82) is 0 Å². The Bertz CT molecular complexity index is 929. The number of aromatic nitrogens is 2. The molecular formula is C20H19FN4O2. The van der Waals surface area contributed by atoms with Crippen LogP contribution in [0, 0.1) is 5.82 Å². The Morgan fingerprint density at radius 1 is 1.07 bits per heavy atom. The maximum absolute atomic E-state index is 13.0. The zero-order valence-corrected chi connectivity index (χ0v) is 14.9. The van der Waals surface area contributed by atoms with E-state index in [4.69, 9.17) is 4.74 Å². The number of ether oxygens (including phenoxy) is 1. The van der Waals surface area contributed by atoms with Gasteiger partial charge in [0.2, 0.25) is 0 Å². The van der Waals surface area contributed by atoms with Crippen LogP contribution in [0.25, 0.3) is 0 Å². The third-order valence-electron chi connectivity index (χ3n) is 3.51. The summed E-state index contributed by atoms with van der Waals surface area (Å²) in [6.07, 6.45) is 1.27. The molecule has 0 aliphatic rings. The number of anilines is 3. The van der Waals surface area contributed by atoms with E-state index < -0.39 is 0 Å². The Morgan fingerprint density at radius 2 is 1.81 bits per heavy atom. The molecule has 7 heteroatoms. The fourth-order valence-corrected chi connectivity index (χ4v) is 2.34. The Labute approximate surface area is 156 Å². The van der Waals surface area contributed by atoms with Gasteiger partial charge in [0.05, 0.1) is 11.8 Å². The van der Waals surface area contributed by atoms with Crippen LogP contribution in [-0.4, -0.2) is 22.0 Å². The minimum atomic E-state index is -0.389. The summed E-state index contributed by atoms with van der Waals surface area (Å²) in [7, 11) is 0. The molecule has 0 saturated heterocycles. The monoisotopic (exact) mass is 366 g/mol. The number of carbonyl (C=O) groups is 1. The average Bonchev–Trinajstić information content (AvgIpc) is 2.65. The molecule has 0 atom stereocenters. The molecular weight excluding hydrogens is 347 g/mol. The van der Waals surface area contributed by atoms with Crippen LogP contribution < -0.4 is 15.4 Å². The molecule has 1 aromatic heterocycles. The zero-order valence-electron chi connectivity index (χ0n) is 14.9. The van der Waals surface area contributed by atoms with Crippen LogP contribution in [0.5, 0.6) is 5.75 Å². The number of rotatable bonds is 6. The Hall–Kier alpha value is -3.48. The van der Waals surface area contributed by atoms with Crippen molar-refractivity contribution in [3.05, 3.63) is 72.4 Å². The van der Waals surface area contributed by atoms with Gasteiger partial charge in [-0.15, -0.1) is 0 Å². The standard InChI is InChI=1S/C20H19FN4O2/c1-13(2)27-18-6-4-3-5-16(18)25-20(26)17-11-19(23-12-22-17)24-15-9-7-14(21)8-10-15/h3-13H,1-2H3,(H,25,26)(H,22,23,24). The molecule has 0 bridgehead atoms. The number of carbonyl (C=O) groups excluding carboxylic acids is 1. The molecule has 0 aliphatic heterocycles. The van der Waals surface area contributed by atoms with Crippen LogP contribution in [0.2, 0.25) is 0 Å². The fourth-order valence-electron chi connectivity index (χ4n) is 2.34. The first kappa shape index (κ1) is 18.3. The first-order valence-electron chi connectivity index (χ1n) is 8.43. The lowest BCUT2D eigenvalue weighted by molar-refractivity contribution is 0.102. The molecule has 0 unspecified atom stereocenters. The minimum Gasteiger partial charge on any atom is -0.489 e. The summed E-state index contributed by atoms with van der Waals surface area (Å²) in [5, 5.41) is 5.80. The van der Waals surface area contributed by atoms with Crippen LogP contribution in [-0.2, 0) is 0 Å². The summed E-state index contributed by atoms with van der Waals surface area (Å²) in [4.78, 5) is 20.7. The lowest BCUT2D eigenvalue weighted by atomic mass is 10.2. The maximum Gasteiger partial charge on any atom is 0.274 e. The molecule has 0 aliphatic carbocycles. The van der Waals surface area contributed by atoms with Gasteiger partial charge >= 0.3 is 0 Å². The van der Waals surface area contributed by atoms with Crippen molar-refractivity contribution in [3.8, 4) is 5.75 Å². The molecule has 3 aromatic rings. The van der Waals surface area contributed by atoms with E-state index in [0.29, 0.717) is 22.9 Å². The third-order valence-corrected chi connectivity index (χ3v) is 3.51. The average molecular weight is 366 g/mol. The summed E-state index contributed by atoms with van der Waals surface area (Å²) in [6, 6.07) is 14.5. The molecule has 138 valence electrons. The Balaban J connectivity index is 1.75. The van der Waals surface area contributed by atoms with Crippen molar-refractivity contribution < 1.29 is 13.9 Å². The van der Waals surface area contributed by atoms with Crippen LogP contribution in [0.15, 0.2) is 60.9 Å². The van der Waals surface area contributed by atoms with E-state index in [1.54, 1.807) is 24.3 Å². The highest BCUT2D eigenvalue weighted by atomic mass is 19.1. The second-order valence-electron chi connectivity index (χ2n) is 6.04. The van der Waals surface area contributed by atoms with Crippen LogP contribution in [0.1, 0.15) is 24.3 Å². The third kappa shape index (κ3) is 5.01. The van der Waals surface area contributed by atoms with Gasteiger partial charge in [-0.3, -0.25) is 4.79 Å². The Morgan fingerprint density at radius 3 is 2.56 bits per heavy atom. The number of benzene rings is 2. The van der Waals surface area contributed by atoms with Gasteiger partial charge in [0.15, 0.2) is 0 Å². The van der Waals surface area contributed by atoms with Gasteiger partial charge in [-0.25, -0.2) is 14.4 Å². The van der Waals surface area contributed by atoms with Gasteiger partial charge < -0.3 is 15.4 Å². The number of hydrogen-bond donors (Lipinski definition) is 2. The number of nitrogens with one attached hydrogen (secondary N) is 2. The Kier molecular flexibility index (Phi) is 5.61. The van der Waals surface area contributed by atoms with Gasteiger partial charge in [0, 0.05) is 11.8 Å². The second-order valence-corrected chi connectivity index (χ2v) is 6.04. The number of nitrogens with zero attached hydrogens (tertiary/aromatic N) is 2. The van der Waals surface area contributed by atoms with E-state index in [-0.39, 0.29) is 23.5 Å². The van der Waals surface area contributed by atoms with Gasteiger partial charge in [-0.1, -0.05) is 12.1 Å². The molecule has 27 heavy (non-hydrogen) atoms. The van der Waals surface area contributed by atoms with Crippen LogP contribution >= 0.6 is 0 Å². The highest BCUT2D eigenvalue weighted by molar-refractivity contribution is 6.04. The summed E-state index contributed by atoms with van der Waals surface area (Å²) in [5.74, 6) is 0.290. The molecule has 2 aromatic carbocycles. The van der Waals surface area contributed by atoms with Gasteiger partial charge in [-0.05, 0) is 50.2 Å². The molecule has 1 heterocycles. The summed E-state index contributed by atoms with van der Waals surface area (Å²) in [6.45, 7) is 3.83. The van der Waals surface area contributed by atoms with Crippen molar-refractivity contribution in [3.63, 3.8) is 0 Å². The van der Waals surface area contributed by atoms with Crippen LogP contribution in [0.3, 0.4) is 0 Å². The van der Waals surface area contributed by atoms with Gasteiger partial charge in [0.1, 0.15) is 29.4 Å². The number of hydrogen-bond acceptors (Lipinski definition) is 5. The lowest BCUT2D eigenvalue weighted by Crippen LogP contribution is -2.16. The minimum absolute atomic E-state index is 0.0198. The topological polar surface area (TPSA) is 76.1 Å². The fraction of sp³-hybridized carbons (Fsp3) is 0.150. The SMILES string of the molecule is CC(C)Oc1ccccc1NC(=O)c1cc(Nc2ccc(F)cc2)ncn1. The normalized spacial score (nSPS) is 10.5. The van der Waals surface area contributed by atoms with Gasteiger partial charge in [-0.2, -0.15) is 0 Å². The summed E-state index contributed by atoms with van der Waals surface area (Å²) >= 11 is 0. The summed E-state index contributed by atoms with van der Waals surface area (Å²) in [5.41, 5.74) is 1.40. The molecule has 2 N–H and O–H groups in total. The molecule has 0 spiro atoms. The number of para-hydroxylation sites is 2. The van der Waals surface area contributed by atoms with Crippen molar-refractivity contribution in [2.75, 3.05) is 10.6 Å². The smallest absolute Gasteiger partial charge is 0.274 e.